The van der Waals surface area contributed by atoms with E-state index in [9.17, 15) is 0 Å². The maximum Gasteiger partial charge on any atom is 0.0512 e. The largest absolute Gasteiger partial charge is 0.351 e. The molecule has 1 heteroatoms. The lowest BCUT2D eigenvalue weighted by atomic mass is 10.0. The molecule has 0 radical (unpaired) electrons. The summed E-state index contributed by atoms with van der Waals surface area (Å²) in [7, 11) is 2.07. The van der Waals surface area contributed by atoms with E-state index in [-0.39, 0.29) is 0 Å². The van der Waals surface area contributed by atoms with Crippen LogP contribution in [0.5, 0.6) is 0 Å². The summed E-state index contributed by atoms with van der Waals surface area (Å²) in [6.07, 6.45) is 7.22. The molecule has 0 saturated heterocycles. The number of allylic oxidation sites excluding steroid dienone is 1. The van der Waals surface area contributed by atoms with E-state index in [2.05, 4.69) is 49.0 Å². The fraction of sp³-hybridized carbons (Fsp3) is 0.286. The van der Waals surface area contributed by atoms with E-state index < -0.39 is 0 Å². The van der Waals surface area contributed by atoms with Crippen molar-refractivity contribution in [3.63, 3.8) is 0 Å². The molecule has 0 N–H and O–H groups in total. The highest BCUT2D eigenvalue weighted by molar-refractivity contribution is 5.72. The number of hydrogen-bond donors (Lipinski definition) is 0. The molecule has 1 heterocycles. The fourth-order valence-electron chi connectivity index (χ4n) is 1.78. The monoisotopic (exact) mass is 201 g/mol. The van der Waals surface area contributed by atoms with Gasteiger partial charge in [0.05, 0.1) is 5.69 Å². The standard InChI is InChI=1S/C12H13N.C2H6/c1-3-10-6-4-7-11-8-5-9-13(2)12(10)11;1-2/h3-7,9H,1,8H2,2H3;1-2H3. The quantitative estimate of drug-likeness (QED) is 0.667. The van der Waals surface area contributed by atoms with Crippen LogP contribution in [0.25, 0.3) is 6.08 Å². The zero-order chi connectivity index (χ0) is 11.3. The smallest absolute Gasteiger partial charge is 0.0512 e. The van der Waals surface area contributed by atoms with Crippen LogP contribution in [0.2, 0.25) is 0 Å². The molecule has 0 atom stereocenters. The summed E-state index contributed by atoms with van der Waals surface area (Å²) >= 11 is 0. The first-order valence-electron chi connectivity index (χ1n) is 5.47. The second-order valence-electron chi connectivity index (χ2n) is 3.26. The van der Waals surface area contributed by atoms with Crippen LogP contribution in [-0.4, -0.2) is 7.05 Å². The number of anilines is 1. The molecule has 80 valence electrons. The van der Waals surface area contributed by atoms with Crippen molar-refractivity contribution in [3.8, 4) is 0 Å². The SMILES string of the molecule is C=Cc1cccc2c1N(C)C=CC2.CC. The lowest BCUT2D eigenvalue weighted by Gasteiger charge is -2.24. The molecule has 1 nitrogen and oxygen atoms in total. The van der Waals surface area contributed by atoms with E-state index in [1.54, 1.807) is 0 Å². The van der Waals surface area contributed by atoms with E-state index in [1.165, 1.54) is 16.8 Å². The molecule has 0 saturated carbocycles. The van der Waals surface area contributed by atoms with Gasteiger partial charge in [-0.15, -0.1) is 0 Å². The molecule has 0 amide bonds. The van der Waals surface area contributed by atoms with Crippen LogP contribution in [0.3, 0.4) is 0 Å². The van der Waals surface area contributed by atoms with Crippen molar-refractivity contribution in [2.45, 2.75) is 20.3 Å². The van der Waals surface area contributed by atoms with Gasteiger partial charge in [-0.1, -0.05) is 50.8 Å². The van der Waals surface area contributed by atoms with E-state index in [0.29, 0.717) is 0 Å². The van der Waals surface area contributed by atoms with Gasteiger partial charge in [0.15, 0.2) is 0 Å². The molecule has 0 spiro atoms. The second kappa shape index (κ2) is 5.40. The van der Waals surface area contributed by atoms with E-state index in [1.807, 2.05) is 19.9 Å². The molecule has 0 aliphatic carbocycles. The van der Waals surface area contributed by atoms with Crippen molar-refractivity contribution in [1.29, 1.82) is 0 Å². The lowest BCUT2D eigenvalue weighted by Crippen LogP contribution is -2.15. The third-order valence-electron chi connectivity index (χ3n) is 2.39. The van der Waals surface area contributed by atoms with Gasteiger partial charge in [-0.2, -0.15) is 0 Å². The maximum absolute atomic E-state index is 3.82. The minimum Gasteiger partial charge on any atom is -0.351 e. The first-order chi connectivity index (χ1) is 7.33. The van der Waals surface area contributed by atoms with Gasteiger partial charge in [0, 0.05) is 13.2 Å². The Morgan fingerprint density at radius 2 is 2.07 bits per heavy atom. The highest BCUT2D eigenvalue weighted by atomic mass is 15.1. The molecule has 1 aromatic rings. The fourth-order valence-corrected chi connectivity index (χ4v) is 1.78. The Kier molecular flexibility index (Phi) is 4.17. The van der Waals surface area contributed by atoms with Crippen LogP contribution in [0, 0.1) is 0 Å². The molecule has 1 aliphatic rings. The number of nitrogens with zero attached hydrogens (tertiary/aromatic N) is 1. The van der Waals surface area contributed by atoms with Crippen molar-refractivity contribution in [2.75, 3.05) is 11.9 Å². The van der Waals surface area contributed by atoms with Gasteiger partial charge in [-0.25, -0.2) is 0 Å². The molecule has 0 bridgehead atoms. The predicted molar refractivity (Wildman–Crippen MR) is 69.1 cm³/mol. The van der Waals surface area contributed by atoms with Gasteiger partial charge in [0.1, 0.15) is 0 Å². The minimum absolute atomic E-state index is 1.03. The average molecular weight is 201 g/mol. The summed E-state index contributed by atoms with van der Waals surface area (Å²) in [5.74, 6) is 0. The normalized spacial score (nSPS) is 12.6. The molecular formula is C14H19N. The van der Waals surface area contributed by atoms with Crippen molar-refractivity contribution >= 4 is 11.8 Å². The molecule has 15 heavy (non-hydrogen) atoms. The van der Waals surface area contributed by atoms with E-state index >= 15 is 0 Å². The van der Waals surface area contributed by atoms with Crippen LogP contribution in [-0.2, 0) is 6.42 Å². The van der Waals surface area contributed by atoms with Gasteiger partial charge < -0.3 is 4.90 Å². The minimum atomic E-state index is 1.03. The van der Waals surface area contributed by atoms with Crippen molar-refractivity contribution in [2.24, 2.45) is 0 Å². The summed E-state index contributed by atoms with van der Waals surface area (Å²) < 4.78 is 0. The molecule has 1 aliphatic heterocycles. The summed E-state index contributed by atoms with van der Waals surface area (Å²) in [6.45, 7) is 7.82. The number of fused-ring (bicyclic) bond motifs is 1. The number of para-hydroxylation sites is 1. The summed E-state index contributed by atoms with van der Waals surface area (Å²) in [6, 6.07) is 6.35. The van der Waals surface area contributed by atoms with E-state index in [4.69, 9.17) is 0 Å². The molecule has 0 fully saturated rings. The van der Waals surface area contributed by atoms with Crippen LogP contribution in [0.4, 0.5) is 5.69 Å². The second-order valence-corrected chi connectivity index (χ2v) is 3.26. The molecule has 1 aromatic carbocycles. The molecule has 2 rings (SSSR count). The summed E-state index contributed by atoms with van der Waals surface area (Å²) in [5.41, 5.74) is 3.88. The summed E-state index contributed by atoms with van der Waals surface area (Å²) in [5, 5.41) is 0. The first-order valence-corrected chi connectivity index (χ1v) is 5.47. The Labute approximate surface area is 92.7 Å². The Morgan fingerprint density at radius 3 is 2.73 bits per heavy atom. The number of benzene rings is 1. The molecule has 0 unspecified atom stereocenters. The van der Waals surface area contributed by atoms with Gasteiger partial charge in [0.25, 0.3) is 0 Å². The van der Waals surface area contributed by atoms with E-state index in [0.717, 1.165) is 6.42 Å². The third-order valence-corrected chi connectivity index (χ3v) is 2.39. The molecule has 0 aromatic heterocycles. The maximum atomic E-state index is 3.82. The van der Waals surface area contributed by atoms with Gasteiger partial charge in [-0.05, 0) is 17.5 Å². The highest BCUT2D eigenvalue weighted by Gasteiger charge is 2.11. The van der Waals surface area contributed by atoms with Crippen LogP contribution < -0.4 is 4.90 Å². The first kappa shape index (κ1) is 11.6. The number of rotatable bonds is 1. The average Bonchev–Trinajstić information content (AvgIpc) is 2.31. The van der Waals surface area contributed by atoms with Gasteiger partial charge in [-0.3, -0.25) is 0 Å². The Morgan fingerprint density at radius 1 is 1.33 bits per heavy atom. The van der Waals surface area contributed by atoms with Gasteiger partial charge >= 0.3 is 0 Å². The van der Waals surface area contributed by atoms with Crippen LogP contribution in [0.15, 0.2) is 37.1 Å². The van der Waals surface area contributed by atoms with Crippen LogP contribution >= 0.6 is 0 Å². The lowest BCUT2D eigenvalue weighted by molar-refractivity contribution is 1.09. The van der Waals surface area contributed by atoms with Crippen molar-refractivity contribution in [3.05, 3.63) is 48.2 Å². The topological polar surface area (TPSA) is 3.24 Å². The predicted octanol–water partition coefficient (Wildman–Crippen LogP) is 3.86. The van der Waals surface area contributed by atoms with Gasteiger partial charge in [0.2, 0.25) is 0 Å². The Bertz CT molecular complexity index is 364. The Hall–Kier alpha value is -1.50. The highest BCUT2D eigenvalue weighted by Crippen LogP contribution is 2.29. The Balaban J connectivity index is 0.000000531. The number of hydrogen-bond acceptors (Lipinski definition) is 1. The molecular weight excluding hydrogens is 182 g/mol. The summed E-state index contributed by atoms with van der Waals surface area (Å²) in [4.78, 5) is 2.15. The zero-order valence-electron chi connectivity index (χ0n) is 9.83. The zero-order valence-corrected chi connectivity index (χ0v) is 9.83. The van der Waals surface area contributed by atoms with Crippen molar-refractivity contribution < 1.29 is 0 Å². The third kappa shape index (κ3) is 2.30. The van der Waals surface area contributed by atoms with Crippen molar-refractivity contribution in [1.82, 2.24) is 0 Å². The van der Waals surface area contributed by atoms with Crippen LogP contribution in [0.1, 0.15) is 25.0 Å².